The largest absolute Gasteiger partial charge is 0.382 e. The molecular formula is C11H17ClN4. The van der Waals surface area contributed by atoms with Crippen LogP contribution in [-0.2, 0) is 0 Å². The predicted octanol–water partition coefficient (Wildman–Crippen LogP) is 2.03. The lowest BCUT2D eigenvalue weighted by atomic mass is 10.1. The van der Waals surface area contributed by atoms with Gasteiger partial charge in [0.2, 0.25) is 0 Å². The van der Waals surface area contributed by atoms with E-state index in [9.17, 15) is 0 Å². The second-order valence-electron chi connectivity index (χ2n) is 4.10. The fraction of sp³-hybridized carbons (Fsp3) is 0.636. The van der Waals surface area contributed by atoms with Gasteiger partial charge in [-0.2, -0.15) is 5.10 Å². The highest BCUT2D eigenvalue weighted by atomic mass is 35.5. The summed E-state index contributed by atoms with van der Waals surface area (Å²) in [4.78, 5) is 2.49. The molecule has 1 aromatic heterocycles. The number of nitrogens with zero attached hydrogens (tertiary/aromatic N) is 3. The maximum Gasteiger partial charge on any atom is 0.153 e. The summed E-state index contributed by atoms with van der Waals surface area (Å²) in [6, 6.07) is 1.80. The van der Waals surface area contributed by atoms with Gasteiger partial charge >= 0.3 is 0 Å². The fourth-order valence-corrected chi connectivity index (χ4v) is 2.14. The molecule has 0 radical (unpaired) electrons. The van der Waals surface area contributed by atoms with Crippen LogP contribution in [0.2, 0.25) is 5.15 Å². The molecule has 0 unspecified atom stereocenters. The quantitative estimate of drug-likeness (QED) is 0.875. The maximum atomic E-state index is 5.75. The highest BCUT2D eigenvalue weighted by Crippen LogP contribution is 2.11. The Hall–Kier alpha value is -0.870. The first-order chi connectivity index (χ1) is 7.84. The van der Waals surface area contributed by atoms with Gasteiger partial charge in [-0.05, 0) is 25.9 Å². The number of anilines is 1. The number of hydrogen-bond acceptors (Lipinski definition) is 4. The average molecular weight is 241 g/mol. The van der Waals surface area contributed by atoms with Gasteiger partial charge in [0.15, 0.2) is 5.15 Å². The molecule has 0 bridgehead atoms. The highest BCUT2D eigenvalue weighted by molar-refractivity contribution is 6.29. The average Bonchev–Trinajstić information content (AvgIpc) is 2.30. The molecule has 1 N–H and O–H groups in total. The topological polar surface area (TPSA) is 41.0 Å². The number of piperidine rings is 1. The third-order valence-electron chi connectivity index (χ3n) is 2.83. The fourth-order valence-electron chi connectivity index (χ4n) is 1.98. The molecule has 2 heterocycles. The van der Waals surface area contributed by atoms with Crippen LogP contribution in [0.5, 0.6) is 0 Å². The van der Waals surface area contributed by atoms with Crippen LogP contribution in [0.3, 0.4) is 0 Å². The molecule has 0 spiro atoms. The van der Waals surface area contributed by atoms with Crippen molar-refractivity contribution in [3.63, 3.8) is 0 Å². The Labute approximate surface area is 101 Å². The van der Waals surface area contributed by atoms with Gasteiger partial charge in [-0.3, -0.25) is 0 Å². The van der Waals surface area contributed by atoms with Crippen LogP contribution >= 0.6 is 11.6 Å². The van der Waals surface area contributed by atoms with Gasteiger partial charge in [0.05, 0.1) is 11.9 Å². The first-order valence-corrected chi connectivity index (χ1v) is 6.17. The van der Waals surface area contributed by atoms with E-state index < -0.39 is 0 Å². The smallest absolute Gasteiger partial charge is 0.153 e. The van der Waals surface area contributed by atoms with Crippen LogP contribution in [0.1, 0.15) is 19.3 Å². The van der Waals surface area contributed by atoms with E-state index in [0.717, 1.165) is 18.8 Å². The van der Waals surface area contributed by atoms with E-state index in [4.69, 9.17) is 11.6 Å². The second-order valence-corrected chi connectivity index (χ2v) is 4.48. The van der Waals surface area contributed by atoms with Gasteiger partial charge in [0, 0.05) is 19.2 Å². The number of likely N-dealkylation sites (tertiary alicyclic amines) is 1. The molecule has 0 saturated carbocycles. The van der Waals surface area contributed by atoms with Crippen molar-refractivity contribution < 1.29 is 0 Å². The summed E-state index contributed by atoms with van der Waals surface area (Å²) in [5, 5.41) is 11.2. The molecule has 0 amide bonds. The minimum atomic E-state index is 0.433. The van der Waals surface area contributed by atoms with Crippen molar-refractivity contribution in [2.24, 2.45) is 0 Å². The van der Waals surface area contributed by atoms with Gasteiger partial charge in [0.1, 0.15) is 0 Å². The standard InChI is InChI=1S/C11H17ClN4/c12-11-8-10(9-14-15-11)13-4-7-16-5-2-1-3-6-16/h8-9H,1-7H2,(H,13,15). The molecule has 1 aliphatic rings. The lowest BCUT2D eigenvalue weighted by molar-refractivity contribution is 0.237. The van der Waals surface area contributed by atoms with Crippen molar-refractivity contribution in [1.29, 1.82) is 0 Å². The summed E-state index contributed by atoms with van der Waals surface area (Å²) in [6.07, 6.45) is 5.75. The lowest BCUT2D eigenvalue weighted by Crippen LogP contribution is -2.33. The first kappa shape index (κ1) is 11.6. The summed E-state index contributed by atoms with van der Waals surface area (Å²) >= 11 is 5.75. The van der Waals surface area contributed by atoms with Crippen molar-refractivity contribution in [2.75, 3.05) is 31.5 Å². The minimum Gasteiger partial charge on any atom is -0.382 e. The molecule has 1 aliphatic heterocycles. The Kier molecular flexibility index (Phi) is 4.36. The first-order valence-electron chi connectivity index (χ1n) is 5.79. The summed E-state index contributed by atoms with van der Waals surface area (Å²) in [6.45, 7) is 4.48. The molecule has 2 rings (SSSR count). The van der Waals surface area contributed by atoms with Gasteiger partial charge < -0.3 is 10.2 Å². The van der Waals surface area contributed by atoms with Crippen molar-refractivity contribution in [3.05, 3.63) is 17.4 Å². The van der Waals surface area contributed by atoms with Crippen LogP contribution in [0.15, 0.2) is 12.3 Å². The molecule has 1 aromatic rings. The zero-order valence-electron chi connectivity index (χ0n) is 9.32. The Balaban J connectivity index is 1.71. The second kappa shape index (κ2) is 6.01. The van der Waals surface area contributed by atoms with E-state index in [1.54, 1.807) is 12.3 Å². The molecule has 0 atom stereocenters. The molecule has 4 nitrogen and oxygen atoms in total. The van der Waals surface area contributed by atoms with Gasteiger partial charge in [0.25, 0.3) is 0 Å². The van der Waals surface area contributed by atoms with Crippen molar-refractivity contribution >= 4 is 17.3 Å². The zero-order chi connectivity index (χ0) is 11.2. The van der Waals surface area contributed by atoms with Crippen LogP contribution in [0.25, 0.3) is 0 Å². The van der Waals surface area contributed by atoms with Crippen molar-refractivity contribution in [3.8, 4) is 0 Å². The van der Waals surface area contributed by atoms with Crippen LogP contribution < -0.4 is 5.32 Å². The Bertz CT molecular complexity index is 326. The van der Waals surface area contributed by atoms with E-state index in [1.165, 1.54) is 32.4 Å². The summed E-state index contributed by atoms with van der Waals surface area (Å²) in [5.74, 6) is 0. The van der Waals surface area contributed by atoms with Crippen molar-refractivity contribution in [2.45, 2.75) is 19.3 Å². The number of hydrogen-bond donors (Lipinski definition) is 1. The van der Waals surface area contributed by atoms with Crippen LogP contribution in [0.4, 0.5) is 5.69 Å². The molecule has 88 valence electrons. The van der Waals surface area contributed by atoms with E-state index in [0.29, 0.717) is 5.15 Å². The highest BCUT2D eigenvalue weighted by Gasteiger charge is 2.08. The minimum absolute atomic E-state index is 0.433. The maximum absolute atomic E-state index is 5.75. The summed E-state index contributed by atoms with van der Waals surface area (Å²) in [5.41, 5.74) is 0.942. The van der Waals surface area contributed by atoms with Crippen molar-refractivity contribution in [1.82, 2.24) is 15.1 Å². The molecule has 0 aliphatic carbocycles. The third-order valence-corrected chi connectivity index (χ3v) is 3.02. The lowest BCUT2D eigenvalue weighted by Gasteiger charge is -2.26. The third kappa shape index (κ3) is 3.61. The van der Waals surface area contributed by atoms with E-state index in [-0.39, 0.29) is 0 Å². The van der Waals surface area contributed by atoms with Crippen LogP contribution in [0, 0.1) is 0 Å². The Morgan fingerprint density at radius 2 is 2.12 bits per heavy atom. The Morgan fingerprint density at radius 3 is 2.88 bits per heavy atom. The van der Waals surface area contributed by atoms with E-state index in [2.05, 4.69) is 20.4 Å². The van der Waals surface area contributed by atoms with E-state index >= 15 is 0 Å². The zero-order valence-corrected chi connectivity index (χ0v) is 10.1. The summed E-state index contributed by atoms with van der Waals surface area (Å²) in [7, 11) is 0. The molecule has 5 heteroatoms. The number of aromatic nitrogens is 2. The van der Waals surface area contributed by atoms with Gasteiger partial charge in [-0.25, -0.2) is 0 Å². The summed E-state index contributed by atoms with van der Waals surface area (Å²) < 4.78 is 0. The number of rotatable bonds is 4. The number of nitrogens with one attached hydrogen (secondary N) is 1. The SMILES string of the molecule is Clc1cc(NCCN2CCCCC2)cnn1. The molecule has 16 heavy (non-hydrogen) atoms. The molecule has 1 saturated heterocycles. The molecule has 1 fully saturated rings. The molecule has 0 aromatic carbocycles. The Morgan fingerprint density at radius 1 is 1.31 bits per heavy atom. The predicted molar refractivity (Wildman–Crippen MR) is 65.8 cm³/mol. The molecular weight excluding hydrogens is 224 g/mol. The number of halogens is 1. The normalized spacial score (nSPS) is 17.3. The van der Waals surface area contributed by atoms with E-state index in [1.807, 2.05) is 0 Å². The monoisotopic (exact) mass is 240 g/mol. The van der Waals surface area contributed by atoms with Crippen LogP contribution in [-0.4, -0.2) is 41.3 Å². The van der Waals surface area contributed by atoms with Gasteiger partial charge in [-0.1, -0.05) is 18.0 Å². The van der Waals surface area contributed by atoms with Gasteiger partial charge in [-0.15, -0.1) is 5.10 Å².